The summed E-state index contributed by atoms with van der Waals surface area (Å²) in [4.78, 5) is 12.6. The van der Waals surface area contributed by atoms with E-state index in [-0.39, 0.29) is 17.8 Å². The van der Waals surface area contributed by atoms with E-state index in [1.807, 2.05) is 24.3 Å². The van der Waals surface area contributed by atoms with E-state index >= 15 is 0 Å². The summed E-state index contributed by atoms with van der Waals surface area (Å²) in [6.07, 6.45) is 0. The largest absolute Gasteiger partial charge is 0.469 e. The first kappa shape index (κ1) is 17.5. The van der Waals surface area contributed by atoms with Gasteiger partial charge < -0.3 is 9.30 Å². The zero-order chi connectivity index (χ0) is 18.3. The van der Waals surface area contributed by atoms with Crippen LogP contribution in [0.3, 0.4) is 0 Å². The molecule has 4 rings (SSSR count). The zero-order valence-electron chi connectivity index (χ0n) is 14.7. The first-order valence-electron chi connectivity index (χ1n) is 8.73. The molecule has 0 saturated heterocycles. The Labute approximate surface area is 162 Å². The summed E-state index contributed by atoms with van der Waals surface area (Å²) in [7, 11) is 1.46. The van der Waals surface area contributed by atoms with Gasteiger partial charge in [-0.1, -0.05) is 48.0 Å². The summed E-state index contributed by atoms with van der Waals surface area (Å²) >= 11 is 8.30. The Morgan fingerprint density at radius 3 is 2.69 bits per heavy atom. The van der Waals surface area contributed by atoms with Crippen molar-refractivity contribution >= 4 is 40.2 Å². The van der Waals surface area contributed by atoms with Crippen LogP contribution in [0.15, 0.2) is 53.6 Å². The predicted molar refractivity (Wildman–Crippen MR) is 107 cm³/mol. The van der Waals surface area contributed by atoms with Crippen LogP contribution in [0.1, 0.15) is 24.0 Å². The van der Waals surface area contributed by atoms with Crippen molar-refractivity contribution in [3.63, 3.8) is 0 Å². The number of rotatable bonds is 3. The van der Waals surface area contributed by atoms with Crippen molar-refractivity contribution in [3.05, 3.63) is 64.7 Å². The van der Waals surface area contributed by atoms with Crippen molar-refractivity contribution in [2.45, 2.75) is 24.4 Å². The zero-order valence-corrected chi connectivity index (χ0v) is 16.3. The fourth-order valence-electron chi connectivity index (χ4n) is 4.00. The predicted octanol–water partition coefficient (Wildman–Crippen LogP) is 5.34. The monoisotopic (exact) mass is 385 g/mol. The molecule has 0 radical (unpaired) electrons. The summed E-state index contributed by atoms with van der Waals surface area (Å²) in [5.41, 5.74) is 3.39. The van der Waals surface area contributed by atoms with Crippen molar-refractivity contribution in [2.75, 3.05) is 12.9 Å². The van der Waals surface area contributed by atoms with E-state index in [4.69, 9.17) is 16.3 Å². The highest BCUT2D eigenvalue weighted by Crippen LogP contribution is 2.50. The number of ether oxygens (including phenoxy) is 1. The number of thioether (sulfide) groups is 1. The van der Waals surface area contributed by atoms with Crippen LogP contribution in [0.25, 0.3) is 10.9 Å². The van der Waals surface area contributed by atoms with Gasteiger partial charge in [-0.05, 0) is 24.6 Å². The molecule has 3 aromatic rings. The number of fused-ring (bicyclic) bond motifs is 3. The van der Waals surface area contributed by atoms with Crippen molar-refractivity contribution in [2.24, 2.45) is 5.92 Å². The molecule has 0 N–H and O–H groups in total. The first-order chi connectivity index (χ1) is 12.7. The number of aryl methyl sites for hydroxylation is 1. The van der Waals surface area contributed by atoms with Gasteiger partial charge in [0.05, 0.1) is 18.1 Å². The van der Waals surface area contributed by atoms with Crippen molar-refractivity contribution in [1.29, 1.82) is 0 Å². The molecule has 1 aliphatic rings. The van der Waals surface area contributed by atoms with Gasteiger partial charge in [0.1, 0.15) is 0 Å². The Morgan fingerprint density at radius 2 is 1.96 bits per heavy atom. The molecule has 1 aliphatic heterocycles. The number of para-hydroxylation sites is 1. The number of methoxy groups -OCH3 is 1. The average molecular weight is 386 g/mol. The van der Waals surface area contributed by atoms with E-state index in [1.165, 1.54) is 28.6 Å². The van der Waals surface area contributed by atoms with Gasteiger partial charge >= 0.3 is 5.97 Å². The van der Waals surface area contributed by atoms with Gasteiger partial charge in [-0.15, -0.1) is 11.8 Å². The van der Waals surface area contributed by atoms with E-state index in [2.05, 4.69) is 35.8 Å². The van der Waals surface area contributed by atoms with Crippen LogP contribution >= 0.6 is 23.4 Å². The Bertz CT molecular complexity index is 981. The lowest BCUT2D eigenvalue weighted by atomic mass is 9.81. The maximum absolute atomic E-state index is 12.6. The fourth-order valence-corrected chi connectivity index (χ4v) is 5.69. The molecule has 3 nitrogen and oxygen atoms in total. The van der Waals surface area contributed by atoms with Crippen LogP contribution in [-0.4, -0.2) is 23.4 Å². The molecule has 0 spiro atoms. The minimum Gasteiger partial charge on any atom is -0.469 e. The maximum Gasteiger partial charge on any atom is 0.310 e. The molecule has 2 atom stereocenters. The van der Waals surface area contributed by atoms with Gasteiger partial charge in [-0.2, -0.15) is 0 Å². The van der Waals surface area contributed by atoms with Gasteiger partial charge in [0.25, 0.3) is 0 Å². The minimum absolute atomic E-state index is 0.106. The van der Waals surface area contributed by atoms with Crippen molar-refractivity contribution in [3.8, 4) is 0 Å². The molecule has 134 valence electrons. The van der Waals surface area contributed by atoms with Crippen LogP contribution in [0, 0.1) is 5.92 Å². The van der Waals surface area contributed by atoms with E-state index in [1.54, 1.807) is 11.8 Å². The van der Waals surface area contributed by atoms with Crippen LogP contribution in [0.4, 0.5) is 0 Å². The Morgan fingerprint density at radius 1 is 1.23 bits per heavy atom. The maximum atomic E-state index is 12.6. The Balaban J connectivity index is 2.03. The number of hydrogen-bond acceptors (Lipinski definition) is 3. The van der Waals surface area contributed by atoms with Gasteiger partial charge in [0, 0.05) is 39.7 Å². The van der Waals surface area contributed by atoms with Gasteiger partial charge in [-0.3, -0.25) is 4.79 Å². The number of hydrogen-bond donors (Lipinski definition) is 0. The molecule has 0 unspecified atom stereocenters. The highest BCUT2D eigenvalue weighted by molar-refractivity contribution is 7.99. The lowest BCUT2D eigenvalue weighted by molar-refractivity contribution is -0.145. The second kappa shape index (κ2) is 7.01. The molecule has 0 fully saturated rings. The van der Waals surface area contributed by atoms with E-state index in [0.717, 1.165) is 12.1 Å². The average Bonchev–Trinajstić information content (AvgIpc) is 3.01. The Kier molecular flexibility index (Phi) is 4.72. The number of aromatic nitrogens is 1. The smallest absolute Gasteiger partial charge is 0.310 e. The summed E-state index contributed by atoms with van der Waals surface area (Å²) in [6, 6.07) is 16.2. The van der Waals surface area contributed by atoms with E-state index in [0.29, 0.717) is 10.8 Å². The van der Waals surface area contributed by atoms with Gasteiger partial charge in [0.15, 0.2) is 0 Å². The van der Waals surface area contributed by atoms with Gasteiger partial charge in [-0.25, -0.2) is 0 Å². The van der Waals surface area contributed by atoms with Crippen molar-refractivity contribution < 1.29 is 9.53 Å². The molecule has 2 heterocycles. The number of nitrogens with zero attached hydrogens (tertiary/aromatic N) is 1. The number of benzene rings is 2. The van der Waals surface area contributed by atoms with Crippen LogP contribution in [-0.2, 0) is 16.1 Å². The molecule has 1 aromatic heterocycles. The molecule has 26 heavy (non-hydrogen) atoms. The molecule has 0 aliphatic carbocycles. The second-order valence-electron chi connectivity index (χ2n) is 6.42. The standard InChI is InChI=1S/C21H20ClNO2S/c1-3-23-17-11-7-5-9-14(17)19-18(13-8-4-6-10-16(13)22)15(21(24)25-2)12-26-20(19)23/h4-11,15,18H,3,12H2,1-2H3/t15-,18-/m1/s1. The van der Waals surface area contributed by atoms with Crippen LogP contribution in [0.2, 0.25) is 5.02 Å². The molecule has 0 saturated carbocycles. The van der Waals surface area contributed by atoms with E-state index in [9.17, 15) is 4.79 Å². The summed E-state index contributed by atoms with van der Waals surface area (Å²) in [5, 5.41) is 3.12. The number of esters is 1. The third kappa shape index (κ3) is 2.63. The van der Waals surface area contributed by atoms with Crippen molar-refractivity contribution in [1.82, 2.24) is 4.57 Å². The molecular weight excluding hydrogens is 366 g/mol. The van der Waals surface area contributed by atoms with Crippen LogP contribution in [0.5, 0.6) is 0 Å². The van der Waals surface area contributed by atoms with Gasteiger partial charge in [0.2, 0.25) is 0 Å². The number of halogens is 1. The second-order valence-corrected chi connectivity index (χ2v) is 7.84. The lowest BCUT2D eigenvalue weighted by Gasteiger charge is -2.31. The Hall–Kier alpha value is -1.91. The molecule has 0 bridgehead atoms. The fraction of sp³-hybridized carbons (Fsp3) is 0.286. The number of carbonyl (C=O) groups excluding carboxylic acids is 1. The number of carbonyl (C=O) groups is 1. The normalized spacial score (nSPS) is 19.3. The quantitative estimate of drug-likeness (QED) is 0.570. The topological polar surface area (TPSA) is 31.2 Å². The third-order valence-corrected chi connectivity index (χ3v) is 6.72. The molecule has 2 aromatic carbocycles. The lowest BCUT2D eigenvalue weighted by Crippen LogP contribution is -2.30. The molecular formula is C21H20ClNO2S. The molecule has 0 amide bonds. The summed E-state index contributed by atoms with van der Waals surface area (Å²) in [5.74, 6) is 0.145. The third-order valence-electron chi connectivity index (χ3n) is 5.13. The van der Waals surface area contributed by atoms with Crippen LogP contribution < -0.4 is 0 Å². The van der Waals surface area contributed by atoms with E-state index < -0.39 is 0 Å². The minimum atomic E-state index is -0.256. The highest BCUT2D eigenvalue weighted by Gasteiger charge is 2.40. The summed E-state index contributed by atoms with van der Waals surface area (Å²) in [6.45, 7) is 3.05. The molecule has 5 heteroatoms. The first-order valence-corrected chi connectivity index (χ1v) is 10.1. The highest BCUT2D eigenvalue weighted by atomic mass is 35.5. The summed E-state index contributed by atoms with van der Waals surface area (Å²) < 4.78 is 7.48. The SMILES string of the molecule is CCn1c2c(c3ccccc31)[C@H](c1ccccc1Cl)[C@H](C(=O)OC)CS2.